The SMILES string of the molecule is Cl.N[C@H](c1ccc(Cl)s1)C1CCC1. The maximum Gasteiger partial charge on any atom is 0.0931 e. The van der Waals surface area contributed by atoms with Crippen molar-refractivity contribution in [3.8, 4) is 0 Å². The van der Waals surface area contributed by atoms with Crippen LogP contribution in [0.25, 0.3) is 0 Å². The van der Waals surface area contributed by atoms with E-state index in [0.29, 0.717) is 5.92 Å². The van der Waals surface area contributed by atoms with Crippen molar-refractivity contribution in [2.24, 2.45) is 11.7 Å². The first-order valence-electron chi connectivity index (χ1n) is 4.28. The fourth-order valence-electron chi connectivity index (χ4n) is 1.54. The summed E-state index contributed by atoms with van der Waals surface area (Å²) in [6.07, 6.45) is 3.92. The molecule has 0 spiro atoms. The van der Waals surface area contributed by atoms with Gasteiger partial charge in [0.1, 0.15) is 0 Å². The van der Waals surface area contributed by atoms with E-state index in [4.69, 9.17) is 17.3 Å². The largest absolute Gasteiger partial charge is 0.323 e. The van der Waals surface area contributed by atoms with Crippen LogP contribution in [0.2, 0.25) is 4.34 Å². The third-order valence-electron chi connectivity index (χ3n) is 2.58. The quantitative estimate of drug-likeness (QED) is 0.836. The highest BCUT2D eigenvalue weighted by atomic mass is 35.5. The zero-order chi connectivity index (χ0) is 8.55. The number of hydrogen-bond donors (Lipinski definition) is 1. The van der Waals surface area contributed by atoms with Gasteiger partial charge in [-0.1, -0.05) is 18.0 Å². The summed E-state index contributed by atoms with van der Waals surface area (Å²) in [7, 11) is 0. The first kappa shape index (κ1) is 11.3. The lowest BCUT2D eigenvalue weighted by Crippen LogP contribution is -2.25. The lowest BCUT2D eigenvalue weighted by atomic mass is 9.79. The second kappa shape index (κ2) is 4.65. The van der Waals surface area contributed by atoms with E-state index < -0.39 is 0 Å². The van der Waals surface area contributed by atoms with Gasteiger partial charge in [0.2, 0.25) is 0 Å². The van der Waals surface area contributed by atoms with Gasteiger partial charge in [-0.2, -0.15) is 0 Å². The Balaban J connectivity index is 0.000000845. The van der Waals surface area contributed by atoms with Crippen molar-refractivity contribution in [2.45, 2.75) is 25.3 Å². The van der Waals surface area contributed by atoms with Crippen molar-refractivity contribution in [3.05, 3.63) is 21.3 Å². The molecule has 0 saturated heterocycles. The fraction of sp³-hybridized carbons (Fsp3) is 0.556. The summed E-state index contributed by atoms with van der Waals surface area (Å²) in [6, 6.07) is 4.21. The van der Waals surface area contributed by atoms with Crippen LogP contribution in [0.1, 0.15) is 30.2 Å². The van der Waals surface area contributed by atoms with Gasteiger partial charge in [0.25, 0.3) is 0 Å². The molecule has 2 rings (SSSR count). The van der Waals surface area contributed by atoms with Crippen molar-refractivity contribution in [1.29, 1.82) is 0 Å². The molecule has 0 aromatic carbocycles. The van der Waals surface area contributed by atoms with Crippen LogP contribution in [0.4, 0.5) is 0 Å². The third-order valence-corrected chi connectivity index (χ3v) is 3.91. The maximum absolute atomic E-state index is 6.07. The van der Waals surface area contributed by atoms with Crippen molar-refractivity contribution in [1.82, 2.24) is 0 Å². The van der Waals surface area contributed by atoms with Gasteiger partial charge in [-0.05, 0) is 30.9 Å². The van der Waals surface area contributed by atoms with Crippen LogP contribution in [0.3, 0.4) is 0 Å². The van der Waals surface area contributed by atoms with Crippen LogP contribution >= 0.6 is 35.3 Å². The molecule has 1 aromatic heterocycles. The van der Waals surface area contributed by atoms with Gasteiger partial charge in [0, 0.05) is 10.9 Å². The zero-order valence-electron chi connectivity index (χ0n) is 7.20. The molecule has 1 aromatic rings. The number of hydrogen-bond acceptors (Lipinski definition) is 2. The first-order chi connectivity index (χ1) is 5.77. The van der Waals surface area contributed by atoms with Gasteiger partial charge in [0.15, 0.2) is 0 Å². The molecule has 1 aliphatic carbocycles. The van der Waals surface area contributed by atoms with Gasteiger partial charge in [-0.3, -0.25) is 0 Å². The lowest BCUT2D eigenvalue weighted by Gasteiger charge is -2.30. The van der Waals surface area contributed by atoms with Crippen LogP contribution in [0.5, 0.6) is 0 Å². The summed E-state index contributed by atoms with van der Waals surface area (Å²) < 4.78 is 0.847. The molecule has 1 fully saturated rings. The third kappa shape index (κ3) is 2.38. The highest BCUT2D eigenvalue weighted by Crippen LogP contribution is 2.39. The maximum atomic E-state index is 6.07. The average Bonchev–Trinajstić information content (AvgIpc) is 2.31. The van der Waals surface area contributed by atoms with Crippen molar-refractivity contribution in [2.75, 3.05) is 0 Å². The molecule has 2 N–H and O–H groups in total. The molecular formula is C9H13Cl2NS. The average molecular weight is 238 g/mol. The van der Waals surface area contributed by atoms with Crippen molar-refractivity contribution in [3.63, 3.8) is 0 Å². The van der Waals surface area contributed by atoms with Crippen LogP contribution in [0, 0.1) is 5.92 Å². The molecule has 0 radical (unpaired) electrons. The highest BCUT2D eigenvalue weighted by molar-refractivity contribution is 7.16. The molecule has 1 atom stereocenters. The summed E-state index contributed by atoms with van der Waals surface area (Å²) in [5.41, 5.74) is 6.07. The van der Waals surface area contributed by atoms with E-state index in [1.54, 1.807) is 11.3 Å². The number of rotatable bonds is 2. The Morgan fingerprint density at radius 1 is 1.46 bits per heavy atom. The minimum absolute atomic E-state index is 0. The Hall–Kier alpha value is 0.240. The molecule has 1 aliphatic rings. The summed E-state index contributed by atoms with van der Waals surface area (Å²) in [5, 5.41) is 0. The monoisotopic (exact) mass is 237 g/mol. The molecule has 4 heteroatoms. The molecule has 1 heterocycles. The number of halogens is 2. The van der Waals surface area contributed by atoms with E-state index in [9.17, 15) is 0 Å². The summed E-state index contributed by atoms with van der Waals surface area (Å²) in [6.45, 7) is 0. The van der Waals surface area contributed by atoms with Crippen LogP contribution in [-0.4, -0.2) is 0 Å². The second-order valence-corrected chi connectivity index (χ2v) is 5.11. The Morgan fingerprint density at radius 2 is 2.15 bits per heavy atom. The smallest absolute Gasteiger partial charge is 0.0931 e. The predicted molar refractivity (Wildman–Crippen MR) is 60.8 cm³/mol. The van der Waals surface area contributed by atoms with E-state index in [-0.39, 0.29) is 18.4 Å². The summed E-state index contributed by atoms with van der Waals surface area (Å²) in [4.78, 5) is 1.24. The topological polar surface area (TPSA) is 26.0 Å². The predicted octanol–water partition coefficient (Wildman–Crippen LogP) is 3.62. The fourth-order valence-corrected chi connectivity index (χ4v) is 2.69. The normalized spacial score (nSPS) is 18.9. The van der Waals surface area contributed by atoms with Crippen LogP contribution < -0.4 is 5.73 Å². The van der Waals surface area contributed by atoms with Crippen molar-refractivity contribution < 1.29 is 0 Å². The Morgan fingerprint density at radius 3 is 2.54 bits per heavy atom. The highest BCUT2D eigenvalue weighted by Gasteiger charge is 2.26. The van der Waals surface area contributed by atoms with E-state index in [1.807, 2.05) is 6.07 Å². The van der Waals surface area contributed by atoms with E-state index in [2.05, 4.69) is 6.07 Å². The summed E-state index contributed by atoms with van der Waals surface area (Å²) >= 11 is 7.45. The Labute approximate surface area is 93.7 Å². The molecule has 0 aliphatic heterocycles. The van der Waals surface area contributed by atoms with Gasteiger partial charge in [0.05, 0.1) is 4.34 Å². The van der Waals surface area contributed by atoms with Gasteiger partial charge < -0.3 is 5.73 Å². The van der Waals surface area contributed by atoms with Gasteiger partial charge >= 0.3 is 0 Å². The molecule has 13 heavy (non-hydrogen) atoms. The lowest BCUT2D eigenvalue weighted by molar-refractivity contribution is 0.267. The zero-order valence-corrected chi connectivity index (χ0v) is 9.59. The van der Waals surface area contributed by atoms with Crippen LogP contribution in [0.15, 0.2) is 12.1 Å². The van der Waals surface area contributed by atoms with E-state index >= 15 is 0 Å². The molecule has 0 unspecified atom stereocenters. The van der Waals surface area contributed by atoms with E-state index in [0.717, 1.165) is 4.34 Å². The Kier molecular flexibility index (Phi) is 4.05. The van der Waals surface area contributed by atoms with Gasteiger partial charge in [-0.25, -0.2) is 0 Å². The summed E-state index contributed by atoms with van der Waals surface area (Å²) in [5.74, 6) is 0.708. The molecule has 1 saturated carbocycles. The molecule has 74 valence electrons. The molecule has 0 amide bonds. The van der Waals surface area contributed by atoms with E-state index in [1.165, 1.54) is 24.1 Å². The minimum atomic E-state index is 0. The van der Waals surface area contributed by atoms with Crippen molar-refractivity contribution >= 4 is 35.3 Å². The molecule has 0 bridgehead atoms. The standard InChI is InChI=1S/C9H12ClNS.ClH/c10-8-5-4-7(12-8)9(11)6-2-1-3-6;/h4-6,9H,1-3,11H2;1H/t9-;/m0./s1. The minimum Gasteiger partial charge on any atom is -0.323 e. The first-order valence-corrected chi connectivity index (χ1v) is 5.47. The Bertz CT molecular complexity index is 270. The van der Waals surface area contributed by atoms with Crippen LogP contribution in [-0.2, 0) is 0 Å². The van der Waals surface area contributed by atoms with Gasteiger partial charge in [-0.15, -0.1) is 23.7 Å². The molecular weight excluding hydrogens is 225 g/mol. The second-order valence-electron chi connectivity index (χ2n) is 3.36. The number of nitrogens with two attached hydrogens (primary N) is 1. The number of thiophene rings is 1. The molecule has 1 nitrogen and oxygen atoms in total.